The van der Waals surface area contributed by atoms with E-state index in [1.165, 1.54) is 0 Å². The molecule has 1 aliphatic rings. The molecule has 0 spiro atoms. The van der Waals surface area contributed by atoms with Crippen molar-refractivity contribution in [2.24, 2.45) is 0 Å². The third kappa shape index (κ3) is 5.12. The molecule has 0 unspecified atom stereocenters. The quantitative estimate of drug-likeness (QED) is 0.769. The van der Waals surface area contributed by atoms with Crippen LogP contribution in [0.25, 0.3) is 0 Å². The fraction of sp³-hybridized carbons (Fsp3) is 0.562. The predicted molar refractivity (Wildman–Crippen MR) is 79.8 cm³/mol. The van der Waals surface area contributed by atoms with Crippen molar-refractivity contribution in [3.8, 4) is 5.75 Å². The Morgan fingerprint density at radius 3 is 2.62 bits per heavy atom. The summed E-state index contributed by atoms with van der Waals surface area (Å²) in [5, 5.41) is 9.98. The minimum absolute atomic E-state index is 0.119. The molecule has 1 aromatic carbocycles. The maximum absolute atomic E-state index is 11.5. The number of carbonyl (C=O) groups is 1. The first kappa shape index (κ1) is 15.9. The van der Waals surface area contributed by atoms with Crippen LogP contribution in [0.1, 0.15) is 23.7 Å². The molecule has 21 heavy (non-hydrogen) atoms. The number of aliphatic hydroxyl groups excluding tert-OH is 1. The molecule has 1 atom stereocenters. The van der Waals surface area contributed by atoms with E-state index in [9.17, 15) is 9.90 Å². The van der Waals surface area contributed by atoms with Crippen molar-refractivity contribution in [1.82, 2.24) is 4.90 Å². The van der Waals surface area contributed by atoms with Gasteiger partial charge in [-0.05, 0) is 24.3 Å². The lowest BCUT2D eigenvalue weighted by Crippen LogP contribution is -2.42. The summed E-state index contributed by atoms with van der Waals surface area (Å²) in [5.74, 6) is 0.789. The molecule has 2 rings (SSSR count). The van der Waals surface area contributed by atoms with Gasteiger partial charge in [0.2, 0.25) is 0 Å². The van der Waals surface area contributed by atoms with Crippen LogP contribution in [0.3, 0.4) is 0 Å². The van der Waals surface area contributed by atoms with Crippen LogP contribution in [0, 0.1) is 0 Å². The fourth-order valence-electron chi connectivity index (χ4n) is 2.27. The Kier molecular flexibility index (Phi) is 6.17. The summed E-state index contributed by atoms with van der Waals surface area (Å²) in [6.07, 6.45) is -0.0293. The molecule has 0 amide bonds. The number of hydrogen-bond acceptors (Lipinski definition) is 5. The second-order valence-electron chi connectivity index (χ2n) is 5.18. The number of hydrogen-bond donors (Lipinski definition) is 1. The number of aliphatic hydroxyl groups is 1. The normalized spacial score (nSPS) is 17.4. The molecule has 1 aliphatic heterocycles. The van der Waals surface area contributed by atoms with Gasteiger partial charge in [0, 0.05) is 31.6 Å². The first-order valence-corrected chi connectivity index (χ1v) is 7.43. The molecule has 5 nitrogen and oxygen atoms in total. The SMILES string of the molecule is CCC(=O)c1ccc(OC[C@@H](O)CN2CCOCC2)cc1. The maximum atomic E-state index is 11.5. The molecule has 0 saturated carbocycles. The van der Waals surface area contributed by atoms with Crippen LogP contribution in [0.15, 0.2) is 24.3 Å². The molecule has 116 valence electrons. The van der Waals surface area contributed by atoms with Crippen LogP contribution in [0.2, 0.25) is 0 Å². The highest BCUT2D eigenvalue weighted by Gasteiger charge is 2.15. The van der Waals surface area contributed by atoms with E-state index in [1.54, 1.807) is 24.3 Å². The average Bonchev–Trinajstić information content (AvgIpc) is 2.53. The van der Waals surface area contributed by atoms with Gasteiger partial charge in [-0.25, -0.2) is 0 Å². The molecule has 1 N–H and O–H groups in total. The summed E-state index contributed by atoms with van der Waals surface area (Å²) in [4.78, 5) is 13.7. The molecule has 1 aromatic rings. The standard InChI is InChI=1S/C16H23NO4/c1-2-16(19)13-3-5-15(6-4-13)21-12-14(18)11-17-7-9-20-10-8-17/h3-6,14,18H,2,7-12H2,1H3/t14-/m0/s1. The number of benzene rings is 1. The molecule has 1 fully saturated rings. The second kappa shape index (κ2) is 8.12. The Bertz CT molecular complexity index is 440. The lowest BCUT2D eigenvalue weighted by Gasteiger charge is -2.28. The predicted octanol–water partition coefficient (Wildman–Crippen LogP) is 1.35. The van der Waals surface area contributed by atoms with Crippen LogP contribution in [0.4, 0.5) is 0 Å². The number of nitrogens with zero attached hydrogens (tertiary/aromatic N) is 1. The number of rotatable bonds is 7. The van der Waals surface area contributed by atoms with Crippen LogP contribution in [-0.4, -0.2) is 61.3 Å². The summed E-state index contributed by atoms with van der Waals surface area (Å²) in [6.45, 7) is 5.83. The highest BCUT2D eigenvalue weighted by Crippen LogP contribution is 2.14. The van der Waals surface area contributed by atoms with Gasteiger partial charge in [-0.3, -0.25) is 9.69 Å². The first-order chi connectivity index (χ1) is 10.2. The largest absolute Gasteiger partial charge is 0.491 e. The van der Waals surface area contributed by atoms with Crippen molar-refractivity contribution in [1.29, 1.82) is 0 Å². The zero-order chi connectivity index (χ0) is 15.1. The Morgan fingerprint density at radius 2 is 2.00 bits per heavy atom. The second-order valence-corrected chi connectivity index (χ2v) is 5.18. The number of carbonyl (C=O) groups excluding carboxylic acids is 1. The Morgan fingerprint density at radius 1 is 1.33 bits per heavy atom. The topological polar surface area (TPSA) is 59.0 Å². The van der Waals surface area contributed by atoms with Gasteiger partial charge in [-0.15, -0.1) is 0 Å². The third-order valence-corrected chi connectivity index (χ3v) is 3.51. The van der Waals surface area contributed by atoms with E-state index < -0.39 is 6.10 Å². The Hall–Kier alpha value is -1.43. The summed E-state index contributed by atoms with van der Waals surface area (Å²) >= 11 is 0. The monoisotopic (exact) mass is 293 g/mol. The zero-order valence-electron chi connectivity index (χ0n) is 12.5. The van der Waals surface area contributed by atoms with Gasteiger partial charge in [0.1, 0.15) is 18.5 Å². The molecule has 1 saturated heterocycles. The van der Waals surface area contributed by atoms with E-state index in [2.05, 4.69) is 4.90 Å². The zero-order valence-corrected chi connectivity index (χ0v) is 12.5. The lowest BCUT2D eigenvalue weighted by molar-refractivity contribution is 0.00465. The highest BCUT2D eigenvalue weighted by molar-refractivity contribution is 5.95. The summed E-state index contributed by atoms with van der Waals surface area (Å²) < 4.78 is 10.8. The van der Waals surface area contributed by atoms with Gasteiger partial charge in [0.05, 0.1) is 13.2 Å². The third-order valence-electron chi connectivity index (χ3n) is 3.51. The van der Waals surface area contributed by atoms with Crippen LogP contribution < -0.4 is 4.74 Å². The van der Waals surface area contributed by atoms with E-state index in [1.807, 2.05) is 6.92 Å². The van der Waals surface area contributed by atoms with E-state index in [-0.39, 0.29) is 12.4 Å². The van der Waals surface area contributed by atoms with Gasteiger partial charge >= 0.3 is 0 Å². The number of ketones is 1. The molecule has 0 aliphatic carbocycles. The maximum Gasteiger partial charge on any atom is 0.162 e. The average molecular weight is 293 g/mol. The lowest BCUT2D eigenvalue weighted by atomic mass is 10.1. The van der Waals surface area contributed by atoms with E-state index in [4.69, 9.17) is 9.47 Å². The molecule has 0 bridgehead atoms. The van der Waals surface area contributed by atoms with Gasteiger partial charge in [-0.2, -0.15) is 0 Å². The number of ether oxygens (including phenoxy) is 2. The van der Waals surface area contributed by atoms with Crippen LogP contribution in [-0.2, 0) is 4.74 Å². The molecular weight excluding hydrogens is 270 g/mol. The van der Waals surface area contributed by atoms with Gasteiger partial charge in [0.25, 0.3) is 0 Å². The van der Waals surface area contributed by atoms with Crippen molar-refractivity contribution in [3.05, 3.63) is 29.8 Å². The minimum Gasteiger partial charge on any atom is -0.491 e. The Labute approximate surface area is 125 Å². The highest BCUT2D eigenvalue weighted by atomic mass is 16.5. The van der Waals surface area contributed by atoms with Gasteiger partial charge in [0.15, 0.2) is 5.78 Å². The number of β-amino-alcohol motifs (C(OH)–C–C–N with tert-alkyl or cyclic N) is 1. The van der Waals surface area contributed by atoms with Crippen molar-refractivity contribution in [3.63, 3.8) is 0 Å². The fourth-order valence-corrected chi connectivity index (χ4v) is 2.27. The van der Waals surface area contributed by atoms with Crippen LogP contribution >= 0.6 is 0 Å². The summed E-state index contributed by atoms with van der Waals surface area (Å²) in [6, 6.07) is 7.06. The first-order valence-electron chi connectivity index (χ1n) is 7.43. The Balaban J connectivity index is 1.75. The summed E-state index contributed by atoms with van der Waals surface area (Å²) in [7, 11) is 0. The minimum atomic E-state index is -0.528. The van der Waals surface area contributed by atoms with Crippen molar-refractivity contribution in [2.45, 2.75) is 19.4 Å². The molecular formula is C16H23NO4. The van der Waals surface area contributed by atoms with Crippen molar-refractivity contribution < 1.29 is 19.4 Å². The van der Waals surface area contributed by atoms with Gasteiger partial charge in [-0.1, -0.05) is 6.92 Å². The van der Waals surface area contributed by atoms with E-state index in [0.29, 0.717) is 24.3 Å². The molecule has 0 radical (unpaired) electrons. The van der Waals surface area contributed by atoms with E-state index >= 15 is 0 Å². The molecule has 1 heterocycles. The van der Waals surface area contributed by atoms with E-state index in [0.717, 1.165) is 26.3 Å². The number of Topliss-reactive ketones (excluding diaryl/α,β-unsaturated/α-hetero) is 1. The smallest absolute Gasteiger partial charge is 0.162 e. The number of morpholine rings is 1. The van der Waals surface area contributed by atoms with Crippen molar-refractivity contribution >= 4 is 5.78 Å². The molecule has 5 heteroatoms. The van der Waals surface area contributed by atoms with Crippen molar-refractivity contribution in [2.75, 3.05) is 39.5 Å². The molecule has 0 aromatic heterocycles. The van der Waals surface area contributed by atoms with Gasteiger partial charge < -0.3 is 14.6 Å². The summed E-state index contributed by atoms with van der Waals surface area (Å²) in [5.41, 5.74) is 0.693. The van der Waals surface area contributed by atoms with Crippen LogP contribution in [0.5, 0.6) is 5.75 Å².